The fraction of sp³-hybridized carbons (Fsp3) is 0.857. The monoisotopic (exact) mass is 269 g/mol. The van der Waals surface area contributed by atoms with Gasteiger partial charge in [0.1, 0.15) is 6.04 Å². The Bertz CT molecular complexity index is 349. The summed E-state index contributed by atoms with van der Waals surface area (Å²) in [6.45, 7) is 10.8. The van der Waals surface area contributed by atoms with Crippen molar-refractivity contribution in [2.45, 2.75) is 53.1 Å². The summed E-state index contributed by atoms with van der Waals surface area (Å²) in [5.41, 5.74) is 5.00. The second-order valence-corrected chi connectivity index (χ2v) is 6.75. The van der Waals surface area contributed by atoms with Crippen LogP contribution in [0.5, 0.6) is 0 Å². The molecule has 19 heavy (non-hydrogen) atoms. The van der Waals surface area contributed by atoms with Crippen molar-refractivity contribution < 1.29 is 9.59 Å². The molecule has 1 aliphatic heterocycles. The normalized spacial score (nSPS) is 25.3. The van der Waals surface area contributed by atoms with Gasteiger partial charge in [-0.15, -0.1) is 0 Å². The van der Waals surface area contributed by atoms with Crippen molar-refractivity contribution in [1.82, 2.24) is 10.2 Å². The number of nitrogens with two attached hydrogens (primary N) is 1. The average Bonchev–Trinajstić information content (AvgIpc) is 2.62. The minimum atomic E-state index is -0.517. The molecule has 3 atom stereocenters. The van der Waals surface area contributed by atoms with Crippen LogP contribution in [0.1, 0.15) is 41.0 Å². The summed E-state index contributed by atoms with van der Waals surface area (Å²) in [6, 6.07) is -0.279. The minimum absolute atomic E-state index is 0.00569. The average molecular weight is 269 g/mol. The molecular weight excluding hydrogens is 242 g/mol. The molecule has 2 amide bonds. The fourth-order valence-electron chi connectivity index (χ4n) is 2.64. The highest BCUT2D eigenvalue weighted by Gasteiger charge is 2.39. The van der Waals surface area contributed by atoms with Gasteiger partial charge < -0.3 is 16.0 Å². The zero-order chi connectivity index (χ0) is 14.8. The topological polar surface area (TPSA) is 75.4 Å². The van der Waals surface area contributed by atoms with Crippen molar-refractivity contribution in [2.75, 3.05) is 13.1 Å². The van der Waals surface area contributed by atoms with Crippen molar-refractivity contribution >= 4 is 11.8 Å². The van der Waals surface area contributed by atoms with Gasteiger partial charge in [0.2, 0.25) is 11.8 Å². The summed E-state index contributed by atoms with van der Waals surface area (Å²) in [5, 5.41) is 2.76. The molecule has 1 rings (SSSR count). The molecule has 0 saturated carbocycles. The summed E-state index contributed by atoms with van der Waals surface area (Å²) in [5.74, 6) is 0.240. The molecule has 0 aliphatic carbocycles. The summed E-state index contributed by atoms with van der Waals surface area (Å²) in [7, 11) is 0. The first-order valence-electron chi connectivity index (χ1n) is 6.96. The molecule has 1 saturated heterocycles. The molecule has 3 unspecified atom stereocenters. The van der Waals surface area contributed by atoms with E-state index in [1.807, 2.05) is 25.7 Å². The lowest BCUT2D eigenvalue weighted by molar-refractivity contribution is -0.139. The summed E-state index contributed by atoms with van der Waals surface area (Å²) >= 11 is 0. The number of carbonyl (C=O) groups excluding carboxylic acids is 2. The Morgan fingerprint density at radius 2 is 1.95 bits per heavy atom. The second-order valence-electron chi connectivity index (χ2n) is 6.75. The van der Waals surface area contributed by atoms with Crippen molar-refractivity contribution in [3.8, 4) is 0 Å². The van der Waals surface area contributed by atoms with Crippen LogP contribution in [0.4, 0.5) is 0 Å². The molecule has 5 nitrogen and oxygen atoms in total. The third kappa shape index (κ3) is 3.93. The summed E-state index contributed by atoms with van der Waals surface area (Å²) in [4.78, 5) is 26.1. The quantitative estimate of drug-likeness (QED) is 0.793. The van der Waals surface area contributed by atoms with Crippen molar-refractivity contribution in [3.63, 3.8) is 0 Å². The van der Waals surface area contributed by atoms with Crippen LogP contribution in [0, 0.1) is 11.3 Å². The third-order valence-corrected chi connectivity index (χ3v) is 3.67. The fourth-order valence-corrected chi connectivity index (χ4v) is 2.64. The van der Waals surface area contributed by atoms with Crippen LogP contribution in [0.3, 0.4) is 0 Å². The van der Waals surface area contributed by atoms with Crippen LogP contribution in [-0.2, 0) is 9.59 Å². The molecule has 1 heterocycles. The molecule has 0 spiro atoms. The number of hydrogen-bond donors (Lipinski definition) is 2. The van der Waals surface area contributed by atoms with Crippen LogP contribution in [-0.4, -0.2) is 41.9 Å². The first kappa shape index (κ1) is 16.0. The summed E-state index contributed by atoms with van der Waals surface area (Å²) in [6.07, 6.45) is 1.02. The van der Waals surface area contributed by atoms with Crippen LogP contribution >= 0.6 is 0 Å². The second kappa shape index (κ2) is 5.90. The van der Waals surface area contributed by atoms with Crippen molar-refractivity contribution in [2.24, 2.45) is 17.1 Å². The number of hydrogen-bond acceptors (Lipinski definition) is 3. The maximum Gasteiger partial charge on any atom is 0.245 e. The van der Waals surface area contributed by atoms with Gasteiger partial charge in [-0.25, -0.2) is 0 Å². The van der Waals surface area contributed by atoms with Crippen molar-refractivity contribution in [1.29, 1.82) is 0 Å². The highest BCUT2D eigenvalue weighted by atomic mass is 16.2. The van der Waals surface area contributed by atoms with E-state index in [1.54, 1.807) is 0 Å². The Morgan fingerprint density at radius 1 is 1.37 bits per heavy atom. The van der Waals surface area contributed by atoms with Gasteiger partial charge in [-0.1, -0.05) is 27.7 Å². The molecule has 110 valence electrons. The molecule has 1 fully saturated rings. The van der Waals surface area contributed by atoms with Gasteiger partial charge in [0, 0.05) is 12.6 Å². The number of likely N-dealkylation sites (tertiary alicyclic amines) is 1. The zero-order valence-electron chi connectivity index (χ0n) is 12.7. The van der Waals surface area contributed by atoms with E-state index in [0.29, 0.717) is 5.92 Å². The minimum Gasteiger partial charge on any atom is -0.343 e. The Kier molecular flexibility index (Phi) is 4.96. The Labute approximate surface area is 115 Å². The number of nitrogens with zero attached hydrogens (tertiary/aromatic N) is 1. The largest absolute Gasteiger partial charge is 0.343 e. The number of rotatable bonds is 3. The smallest absolute Gasteiger partial charge is 0.245 e. The lowest BCUT2D eigenvalue weighted by Crippen LogP contribution is -2.56. The molecule has 0 aromatic heterocycles. The molecule has 5 heteroatoms. The van der Waals surface area contributed by atoms with Gasteiger partial charge in [-0.3, -0.25) is 9.59 Å². The first-order valence-corrected chi connectivity index (χ1v) is 6.96. The molecule has 3 N–H and O–H groups in total. The number of nitrogens with one attached hydrogen (secondary N) is 1. The highest BCUT2D eigenvalue weighted by Crippen LogP contribution is 2.27. The standard InChI is InChI=1S/C14H27N3O2/c1-9-6-10(2)17(8-9)13(19)12(14(3,4)5)16-11(18)7-15/h9-10,12H,6-8,15H2,1-5H3,(H,16,18). The van der Waals surface area contributed by atoms with E-state index in [2.05, 4.69) is 19.2 Å². The van der Waals surface area contributed by atoms with Crippen LogP contribution < -0.4 is 11.1 Å². The van der Waals surface area contributed by atoms with E-state index in [1.165, 1.54) is 0 Å². The molecule has 0 bridgehead atoms. The molecule has 0 aromatic carbocycles. The van der Waals surface area contributed by atoms with Gasteiger partial charge in [0.25, 0.3) is 0 Å². The van der Waals surface area contributed by atoms with Gasteiger partial charge in [-0.05, 0) is 24.7 Å². The Morgan fingerprint density at radius 3 is 2.32 bits per heavy atom. The van der Waals surface area contributed by atoms with Crippen LogP contribution in [0.15, 0.2) is 0 Å². The van der Waals surface area contributed by atoms with E-state index in [-0.39, 0.29) is 29.8 Å². The van der Waals surface area contributed by atoms with E-state index >= 15 is 0 Å². The van der Waals surface area contributed by atoms with Crippen LogP contribution in [0.2, 0.25) is 0 Å². The molecule has 1 aliphatic rings. The molecule has 0 aromatic rings. The van der Waals surface area contributed by atoms with Gasteiger partial charge in [0.05, 0.1) is 6.54 Å². The third-order valence-electron chi connectivity index (χ3n) is 3.67. The van der Waals surface area contributed by atoms with E-state index in [4.69, 9.17) is 5.73 Å². The predicted molar refractivity (Wildman–Crippen MR) is 75.4 cm³/mol. The van der Waals surface area contributed by atoms with Gasteiger partial charge in [-0.2, -0.15) is 0 Å². The van der Waals surface area contributed by atoms with Gasteiger partial charge in [0.15, 0.2) is 0 Å². The maximum absolute atomic E-state index is 12.7. The first-order chi connectivity index (χ1) is 8.66. The van der Waals surface area contributed by atoms with E-state index < -0.39 is 6.04 Å². The van der Waals surface area contributed by atoms with E-state index in [9.17, 15) is 9.59 Å². The zero-order valence-corrected chi connectivity index (χ0v) is 12.7. The number of carbonyl (C=O) groups is 2. The Hall–Kier alpha value is -1.10. The Balaban J connectivity index is 2.86. The summed E-state index contributed by atoms with van der Waals surface area (Å²) < 4.78 is 0. The lowest BCUT2D eigenvalue weighted by atomic mass is 9.85. The number of amides is 2. The van der Waals surface area contributed by atoms with Crippen LogP contribution in [0.25, 0.3) is 0 Å². The lowest BCUT2D eigenvalue weighted by Gasteiger charge is -2.35. The maximum atomic E-state index is 12.7. The highest BCUT2D eigenvalue weighted by molar-refractivity contribution is 5.89. The van der Waals surface area contributed by atoms with Gasteiger partial charge >= 0.3 is 0 Å². The predicted octanol–water partition coefficient (Wildman–Crippen LogP) is 0.733. The van der Waals surface area contributed by atoms with E-state index in [0.717, 1.165) is 13.0 Å². The molecule has 0 radical (unpaired) electrons. The SMILES string of the molecule is CC1CC(C)N(C(=O)C(NC(=O)CN)C(C)(C)C)C1. The molecular formula is C14H27N3O2. The van der Waals surface area contributed by atoms with Crippen molar-refractivity contribution in [3.05, 3.63) is 0 Å².